The number of aliphatic hydroxyl groups excluding tert-OH is 1. The molecule has 0 saturated carbocycles. The van der Waals surface area contributed by atoms with E-state index in [2.05, 4.69) is 4.72 Å². The van der Waals surface area contributed by atoms with Gasteiger partial charge in [-0.2, -0.15) is 0 Å². The number of hydrogen-bond donors (Lipinski definition) is 2. The van der Waals surface area contributed by atoms with Gasteiger partial charge in [-0.1, -0.05) is 60.7 Å². The first-order chi connectivity index (χ1) is 11.9. The molecule has 0 aromatic heterocycles. The van der Waals surface area contributed by atoms with Crippen molar-refractivity contribution in [1.29, 1.82) is 0 Å². The van der Waals surface area contributed by atoms with Crippen LogP contribution in [0.2, 0.25) is 0 Å². The first-order valence-corrected chi connectivity index (χ1v) is 9.55. The molecule has 2 N–H and O–H groups in total. The third kappa shape index (κ3) is 6.22. The Morgan fingerprint density at radius 3 is 2.04 bits per heavy atom. The second-order valence-electron chi connectivity index (χ2n) is 6.01. The number of benzene rings is 2. The predicted octanol–water partition coefficient (Wildman–Crippen LogP) is 1.87. The van der Waals surface area contributed by atoms with Gasteiger partial charge in [-0.15, -0.1) is 0 Å². The first-order valence-electron chi connectivity index (χ1n) is 7.89. The van der Waals surface area contributed by atoms with Crippen LogP contribution in [0.25, 0.3) is 0 Å². The van der Waals surface area contributed by atoms with E-state index in [0.29, 0.717) is 11.1 Å². The molecule has 2 rings (SSSR count). The summed E-state index contributed by atoms with van der Waals surface area (Å²) in [5.74, 6) is -0.476. The van der Waals surface area contributed by atoms with E-state index in [-0.39, 0.29) is 6.73 Å². The van der Waals surface area contributed by atoms with Gasteiger partial charge in [0.15, 0.2) is 5.94 Å². The number of nitrogens with one attached hydrogen (secondary N) is 1. The van der Waals surface area contributed by atoms with Crippen molar-refractivity contribution in [2.75, 3.05) is 26.8 Å². The lowest BCUT2D eigenvalue weighted by Gasteiger charge is -2.25. The van der Waals surface area contributed by atoms with Crippen molar-refractivity contribution in [3.63, 3.8) is 0 Å². The van der Waals surface area contributed by atoms with Gasteiger partial charge in [0.2, 0.25) is 10.0 Å². The quantitative estimate of drug-likeness (QED) is 0.664. The Morgan fingerprint density at radius 1 is 1.00 bits per heavy atom. The van der Waals surface area contributed by atoms with Crippen LogP contribution in [0.5, 0.6) is 0 Å². The SMILES string of the molecule is CN(C)COCS(=O)(=O)N[C@@H](c1ccccc1)[C@@H](O)c1ccccc1. The Balaban J connectivity index is 2.21. The monoisotopic (exact) mass is 364 g/mol. The molecular weight excluding hydrogens is 340 g/mol. The molecule has 0 fully saturated rings. The molecule has 25 heavy (non-hydrogen) atoms. The van der Waals surface area contributed by atoms with Crippen molar-refractivity contribution >= 4 is 10.0 Å². The number of hydrogen-bond acceptors (Lipinski definition) is 5. The topological polar surface area (TPSA) is 78.9 Å². The summed E-state index contributed by atoms with van der Waals surface area (Å²) in [5, 5.41) is 10.7. The van der Waals surface area contributed by atoms with E-state index in [1.165, 1.54) is 0 Å². The van der Waals surface area contributed by atoms with E-state index in [4.69, 9.17) is 4.74 Å². The van der Waals surface area contributed by atoms with Crippen LogP contribution in [0.3, 0.4) is 0 Å². The smallest absolute Gasteiger partial charge is 0.236 e. The van der Waals surface area contributed by atoms with E-state index >= 15 is 0 Å². The molecule has 2 aromatic carbocycles. The van der Waals surface area contributed by atoms with E-state index < -0.39 is 28.1 Å². The molecule has 0 amide bonds. The van der Waals surface area contributed by atoms with E-state index in [1.54, 1.807) is 67.5 Å². The van der Waals surface area contributed by atoms with Crippen molar-refractivity contribution < 1.29 is 18.3 Å². The minimum absolute atomic E-state index is 0.193. The number of ether oxygens (including phenoxy) is 1. The lowest BCUT2D eigenvalue weighted by Crippen LogP contribution is -2.35. The van der Waals surface area contributed by atoms with Crippen LogP contribution >= 0.6 is 0 Å². The van der Waals surface area contributed by atoms with Crippen LogP contribution in [0.1, 0.15) is 23.3 Å². The molecule has 0 aliphatic carbocycles. The lowest BCUT2D eigenvalue weighted by atomic mass is 9.97. The fourth-order valence-corrected chi connectivity index (χ4v) is 3.39. The Bertz CT molecular complexity index is 736. The zero-order chi connectivity index (χ0) is 18.3. The zero-order valence-electron chi connectivity index (χ0n) is 14.4. The molecule has 0 heterocycles. The van der Waals surface area contributed by atoms with Gasteiger partial charge in [-0.05, 0) is 25.2 Å². The van der Waals surface area contributed by atoms with Crippen LogP contribution < -0.4 is 4.72 Å². The van der Waals surface area contributed by atoms with Crippen molar-refractivity contribution in [3.8, 4) is 0 Å². The highest BCUT2D eigenvalue weighted by molar-refractivity contribution is 7.89. The fraction of sp³-hybridized carbons (Fsp3) is 0.333. The van der Waals surface area contributed by atoms with Gasteiger partial charge in [-0.25, -0.2) is 13.1 Å². The Labute approximate surface area is 149 Å². The molecule has 0 unspecified atom stereocenters. The maximum atomic E-state index is 12.4. The second kappa shape index (κ2) is 9.07. The maximum Gasteiger partial charge on any atom is 0.236 e. The summed E-state index contributed by atoms with van der Waals surface area (Å²) in [7, 11) is -0.169. The second-order valence-corrected chi connectivity index (χ2v) is 7.71. The zero-order valence-corrected chi connectivity index (χ0v) is 15.2. The Morgan fingerprint density at radius 2 is 1.52 bits per heavy atom. The fourth-order valence-electron chi connectivity index (χ4n) is 2.37. The highest BCUT2D eigenvalue weighted by atomic mass is 32.2. The number of rotatable bonds is 9. The average molecular weight is 364 g/mol. The molecular formula is C18H24N2O4S. The first kappa shape index (κ1) is 19.6. The summed E-state index contributed by atoms with van der Waals surface area (Å²) in [5.41, 5.74) is 1.31. The highest BCUT2D eigenvalue weighted by Crippen LogP contribution is 2.29. The van der Waals surface area contributed by atoms with Crippen molar-refractivity contribution in [1.82, 2.24) is 9.62 Å². The van der Waals surface area contributed by atoms with Gasteiger partial charge in [0, 0.05) is 0 Å². The predicted molar refractivity (Wildman–Crippen MR) is 97.1 cm³/mol. The average Bonchev–Trinajstić information content (AvgIpc) is 2.60. The third-order valence-corrected chi connectivity index (χ3v) is 4.60. The van der Waals surface area contributed by atoms with Crippen LogP contribution in [-0.4, -0.2) is 45.2 Å². The molecule has 6 nitrogen and oxygen atoms in total. The Kier molecular flexibility index (Phi) is 7.10. The van der Waals surface area contributed by atoms with Gasteiger partial charge >= 0.3 is 0 Å². The van der Waals surface area contributed by atoms with Crippen molar-refractivity contribution in [2.45, 2.75) is 12.1 Å². The van der Waals surface area contributed by atoms with Crippen molar-refractivity contribution in [3.05, 3.63) is 71.8 Å². The molecule has 2 aromatic rings. The summed E-state index contributed by atoms with van der Waals surface area (Å²) in [6.45, 7) is 0.193. The van der Waals surface area contributed by atoms with Crippen molar-refractivity contribution in [2.24, 2.45) is 0 Å². The standard InChI is InChI=1S/C18H24N2O4S/c1-20(2)13-24-14-25(22,23)19-17(15-9-5-3-6-10-15)18(21)16-11-7-4-8-12-16/h3-12,17-19,21H,13-14H2,1-2H3/t17-,18-/m0/s1. The Hall–Kier alpha value is -1.77. The number of nitrogens with zero attached hydrogens (tertiary/aromatic N) is 1. The maximum absolute atomic E-state index is 12.4. The van der Waals surface area contributed by atoms with Gasteiger partial charge in [0.05, 0.1) is 18.9 Å². The number of aliphatic hydroxyl groups is 1. The minimum atomic E-state index is -3.74. The molecule has 136 valence electrons. The van der Waals surface area contributed by atoms with Crippen LogP contribution in [-0.2, 0) is 14.8 Å². The van der Waals surface area contributed by atoms with E-state index in [0.717, 1.165) is 0 Å². The lowest BCUT2D eigenvalue weighted by molar-refractivity contribution is 0.0836. The molecule has 2 atom stereocenters. The number of sulfonamides is 1. The van der Waals surface area contributed by atoms with Gasteiger partial charge < -0.3 is 9.84 Å². The molecule has 0 aliphatic heterocycles. The third-order valence-electron chi connectivity index (χ3n) is 3.51. The molecule has 7 heteroatoms. The summed E-state index contributed by atoms with van der Waals surface area (Å²) < 4.78 is 32.5. The van der Waals surface area contributed by atoms with Gasteiger partial charge in [0.25, 0.3) is 0 Å². The summed E-state index contributed by atoms with van der Waals surface area (Å²) in [4.78, 5) is 1.73. The largest absolute Gasteiger partial charge is 0.386 e. The van der Waals surface area contributed by atoms with E-state index in [1.807, 2.05) is 12.1 Å². The summed E-state index contributed by atoms with van der Waals surface area (Å²) in [6.07, 6.45) is -1.02. The highest BCUT2D eigenvalue weighted by Gasteiger charge is 2.27. The van der Waals surface area contributed by atoms with Crippen LogP contribution in [0.4, 0.5) is 0 Å². The minimum Gasteiger partial charge on any atom is -0.386 e. The normalized spacial score (nSPS) is 14.4. The van der Waals surface area contributed by atoms with Gasteiger partial charge in [0.1, 0.15) is 0 Å². The molecule has 0 bridgehead atoms. The summed E-state index contributed by atoms with van der Waals surface area (Å²) in [6, 6.07) is 17.2. The van der Waals surface area contributed by atoms with Gasteiger partial charge in [-0.3, -0.25) is 4.90 Å². The molecule has 0 spiro atoms. The molecule has 0 radical (unpaired) electrons. The van der Waals surface area contributed by atoms with Crippen LogP contribution in [0, 0.1) is 0 Å². The molecule has 0 saturated heterocycles. The van der Waals surface area contributed by atoms with E-state index in [9.17, 15) is 13.5 Å². The summed E-state index contributed by atoms with van der Waals surface area (Å²) >= 11 is 0. The van der Waals surface area contributed by atoms with Crippen LogP contribution in [0.15, 0.2) is 60.7 Å². The molecule has 0 aliphatic rings.